The molecule has 1 aliphatic heterocycles. The van der Waals surface area contributed by atoms with Crippen LogP contribution < -0.4 is 15.3 Å². The van der Waals surface area contributed by atoms with Gasteiger partial charge in [-0.3, -0.25) is 18.7 Å². The van der Waals surface area contributed by atoms with Gasteiger partial charge >= 0.3 is 25.8 Å². The third kappa shape index (κ3) is 7.83. The van der Waals surface area contributed by atoms with Gasteiger partial charge in [-0.25, -0.2) is 9.55 Å². The van der Waals surface area contributed by atoms with Gasteiger partial charge in [-0.05, 0) is 51.7 Å². The van der Waals surface area contributed by atoms with Gasteiger partial charge in [0.2, 0.25) is 0 Å². The van der Waals surface area contributed by atoms with Gasteiger partial charge in [0.25, 0.3) is 0 Å². The first-order valence-electron chi connectivity index (χ1n) is 15.4. The van der Waals surface area contributed by atoms with Gasteiger partial charge in [0, 0.05) is 6.42 Å². The lowest BCUT2D eigenvalue weighted by molar-refractivity contribution is -0.167. The van der Waals surface area contributed by atoms with Crippen LogP contribution in [0, 0.1) is 12.0 Å². The van der Waals surface area contributed by atoms with Crippen molar-refractivity contribution in [1.82, 2.24) is 24.6 Å². The van der Waals surface area contributed by atoms with Crippen LogP contribution >= 0.6 is 7.75 Å². The highest BCUT2D eigenvalue weighted by atomic mass is 31.2. The molecule has 2 fully saturated rings. The molecule has 1 saturated heterocycles. The lowest BCUT2D eigenvalue weighted by atomic mass is 9.98. The van der Waals surface area contributed by atoms with Crippen molar-refractivity contribution in [3.05, 3.63) is 42.7 Å². The minimum atomic E-state index is -4.29. The fourth-order valence-electron chi connectivity index (χ4n) is 5.40. The number of rotatable bonds is 12. The number of nitrogens with zero attached hydrogens (tertiary/aromatic N) is 4. The summed E-state index contributed by atoms with van der Waals surface area (Å²) in [4.78, 5) is 37.3. The first kappa shape index (κ1) is 33.7. The number of esters is 2. The minimum absolute atomic E-state index is 0.0826. The number of nitrogens with one attached hydrogen (secondary N) is 1. The van der Waals surface area contributed by atoms with E-state index >= 15 is 0 Å². The summed E-state index contributed by atoms with van der Waals surface area (Å²) in [6, 6.07) is 7.30. The van der Waals surface area contributed by atoms with Gasteiger partial charge in [0.15, 0.2) is 17.0 Å². The molecule has 3 aromatic rings. The van der Waals surface area contributed by atoms with E-state index in [9.17, 15) is 18.5 Å². The van der Waals surface area contributed by atoms with Crippen molar-refractivity contribution in [2.24, 2.45) is 5.92 Å². The van der Waals surface area contributed by atoms with Gasteiger partial charge in [-0.2, -0.15) is 19.4 Å². The molecular weight excluding hydrogens is 622 g/mol. The Morgan fingerprint density at radius 1 is 1.13 bits per heavy atom. The Morgan fingerprint density at radius 2 is 1.85 bits per heavy atom. The summed E-state index contributed by atoms with van der Waals surface area (Å²) < 4.78 is 59.5. The molecule has 0 spiro atoms. The molecule has 0 bridgehead atoms. The van der Waals surface area contributed by atoms with E-state index in [1.54, 1.807) is 51.1 Å². The van der Waals surface area contributed by atoms with E-state index in [0.717, 1.165) is 32.1 Å². The van der Waals surface area contributed by atoms with Crippen LogP contribution in [0.15, 0.2) is 36.7 Å². The molecule has 1 unspecified atom stereocenters. The Labute approximate surface area is 266 Å². The molecule has 2 aliphatic rings. The van der Waals surface area contributed by atoms with Crippen molar-refractivity contribution in [3.63, 3.8) is 0 Å². The van der Waals surface area contributed by atoms with Crippen molar-refractivity contribution < 1.29 is 41.8 Å². The van der Waals surface area contributed by atoms with Gasteiger partial charge in [0.05, 0.1) is 18.9 Å². The lowest BCUT2D eigenvalue weighted by Crippen LogP contribution is -2.45. The van der Waals surface area contributed by atoms with Crippen molar-refractivity contribution in [3.8, 4) is 5.75 Å². The first-order valence-corrected chi connectivity index (χ1v) is 16.9. The molecular formula is C30H40FN6O8P. The Kier molecular flexibility index (Phi) is 10.3. The number of halogens is 1. The van der Waals surface area contributed by atoms with Gasteiger partial charge < -0.3 is 24.5 Å². The molecule has 16 heteroatoms. The zero-order valence-electron chi connectivity index (χ0n) is 26.3. The Bertz CT molecular complexity index is 1590. The molecule has 14 nitrogen and oxygen atoms in total. The zero-order chi connectivity index (χ0) is 33.1. The SMILES string of the molecule is CC(C)C(=O)O[C@H]1C[C@H](n2cnc3c(N)nc(F)nc32)O[C@]1(C)COP(=O)(N[C@@H](C)C(=O)OC1CCCCC1)Oc1ccccc1. The number of nitrogens with two attached hydrogens (primary N) is 1. The van der Waals surface area contributed by atoms with Gasteiger partial charge in [-0.1, -0.05) is 38.5 Å². The molecule has 46 heavy (non-hydrogen) atoms. The maximum absolute atomic E-state index is 14.3. The highest BCUT2D eigenvalue weighted by Gasteiger charge is 2.51. The highest BCUT2D eigenvalue weighted by Crippen LogP contribution is 2.48. The van der Waals surface area contributed by atoms with E-state index in [-0.39, 0.29) is 35.3 Å². The molecule has 0 amide bonds. The number of benzene rings is 1. The maximum Gasteiger partial charge on any atom is 0.459 e. The number of anilines is 1. The first-order chi connectivity index (χ1) is 21.9. The van der Waals surface area contributed by atoms with Crippen LogP contribution in [0.2, 0.25) is 0 Å². The van der Waals surface area contributed by atoms with Crippen LogP contribution in [0.1, 0.15) is 72.4 Å². The normalized spacial score (nSPS) is 24.0. The molecule has 5 rings (SSSR count). The van der Waals surface area contributed by atoms with E-state index in [1.165, 1.54) is 17.8 Å². The number of para-hydroxylation sites is 1. The average molecular weight is 663 g/mol. The Morgan fingerprint density at radius 3 is 2.54 bits per heavy atom. The lowest BCUT2D eigenvalue weighted by Gasteiger charge is -2.32. The summed E-state index contributed by atoms with van der Waals surface area (Å²) in [7, 11) is -4.29. The van der Waals surface area contributed by atoms with Crippen LogP contribution in [-0.2, 0) is 32.9 Å². The number of imidazole rings is 1. The fraction of sp³-hybridized carbons (Fsp3) is 0.567. The van der Waals surface area contributed by atoms with Crippen LogP contribution in [0.4, 0.5) is 10.2 Å². The molecule has 3 N–H and O–H groups in total. The third-order valence-electron chi connectivity index (χ3n) is 7.99. The van der Waals surface area contributed by atoms with Crippen LogP contribution in [0.25, 0.3) is 11.2 Å². The number of carbonyl (C=O) groups excluding carboxylic acids is 2. The van der Waals surface area contributed by atoms with Gasteiger partial charge in [-0.15, -0.1) is 0 Å². The summed E-state index contributed by atoms with van der Waals surface area (Å²) >= 11 is 0. The van der Waals surface area contributed by atoms with Crippen molar-refractivity contribution >= 4 is 36.7 Å². The summed E-state index contributed by atoms with van der Waals surface area (Å²) in [5, 5.41) is 2.71. The number of ether oxygens (including phenoxy) is 3. The molecule has 250 valence electrons. The maximum atomic E-state index is 14.3. The number of nitrogen functional groups attached to an aromatic ring is 1. The summed E-state index contributed by atoms with van der Waals surface area (Å²) in [6.07, 6.45) is 3.06. The van der Waals surface area contributed by atoms with Crippen molar-refractivity contribution in [2.45, 2.75) is 96.3 Å². The molecule has 1 aliphatic carbocycles. The molecule has 0 radical (unpaired) electrons. The highest BCUT2D eigenvalue weighted by molar-refractivity contribution is 7.52. The van der Waals surface area contributed by atoms with E-state index in [0.29, 0.717) is 0 Å². The molecule has 2 aromatic heterocycles. The predicted molar refractivity (Wildman–Crippen MR) is 164 cm³/mol. The van der Waals surface area contributed by atoms with Gasteiger partial charge in [0.1, 0.15) is 35.8 Å². The second kappa shape index (κ2) is 14.0. The van der Waals surface area contributed by atoms with E-state index < -0.39 is 62.3 Å². The second-order valence-electron chi connectivity index (χ2n) is 12.1. The van der Waals surface area contributed by atoms with Crippen molar-refractivity contribution in [2.75, 3.05) is 12.3 Å². The fourth-order valence-corrected chi connectivity index (χ4v) is 6.98. The zero-order valence-corrected chi connectivity index (χ0v) is 27.2. The Balaban J connectivity index is 1.38. The summed E-state index contributed by atoms with van der Waals surface area (Å²) in [6.45, 7) is 6.12. The minimum Gasteiger partial charge on any atom is -0.461 e. The van der Waals surface area contributed by atoms with E-state index in [4.69, 9.17) is 29.0 Å². The van der Waals surface area contributed by atoms with E-state index in [2.05, 4.69) is 20.0 Å². The van der Waals surface area contributed by atoms with Crippen LogP contribution in [0.3, 0.4) is 0 Å². The number of hydrogen-bond acceptors (Lipinski definition) is 12. The summed E-state index contributed by atoms with van der Waals surface area (Å²) in [5.41, 5.74) is 4.70. The van der Waals surface area contributed by atoms with Crippen LogP contribution in [-0.4, -0.2) is 61.9 Å². The quantitative estimate of drug-likeness (QED) is 0.153. The smallest absolute Gasteiger partial charge is 0.459 e. The number of aromatic nitrogens is 4. The number of carbonyl (C=O) groups is 2. The largest absolute Gasteiger partial charge is 0.461 e. The predicted octanol–water partition coefficient (Wildman–Crippen LogP) is 4.85. The molecule has 5 atom stereocenters. The summed E-state index contributed by atoms with van der Waals surface area (Å²) in [5.74, 6) is -1.44. The number of fused-ring (bicyclic) bond motifs is 1. The monoisotopic (exact) mass is 662 g/mol. The van der Waals surface area contributed by atoms with Crippen molar-refractivity contribution in [1.29, 1.82) is 0 Å². The third-order valence-corrected chi connectivity index (χ3v) is 9.62. The topological polar surface area (TPSA) is 179 Å². The van der Waals surface area contributed by atoms with E-state index in [1.807, 2.05) is 0 Å². The molecule has 1 aromatic carbocycles. The standard InChI is InChI=1S/C30H40FN6O8P/c1-18(2)27(38)43-22-15-23(37-17-33-24-25(32)34-29(31)35-26(24)37)44-30(22,4)16-41-46(40,45-21-13-9-6-10-14-21)36-19(3)28(39)42-20-11-7-5-8-12-20/h6,9-10,13-14,17-20,22-23H,5,7-8,11-12,15-16H2,1-4H3,(H,36,40)(H2,32,34,35)/t19-,22-,23+,30+,46?/m0/s1. The van der Waals surface area contributed by atoms with Crippen LogP contribution in [0.5, 0.6) is 5.75 Å². The molecule has 1 saturated carbocycles. The molecule has 3 heterocycles. The average Bonchev–Trinajstić information content (AvgIpc) is 3.58. The number of hydrogen-bond donors (Lipinski definition) is 2. The second-order valence-corrected chi connectivity index (χ2v) is 13.8. The Hall–Kier alpha value is -3.65.